The van der Waals surface area contributed by atoms with Crippen molar-refractivity contribution in [2.45, 2.75) is 6.92 Å². The highest BCUT2D eigenvalue weighted by Gasteiger charge is 2.07. The number of nitrogens with two attached hydrogens (primary N) is 1. The van der Waals surface area contributed by atoms with Crippen molar-refractivity contribution in [3.63, 3.8) is 0 Å². The van der Waals surface area contributed by atoms with Gasteiger partial charge in [-0.2, -0.15) is 0 Å². The fraction of sp³-hybridized carbons (Fsp3) is 0.222. The summed E-state index contributed by atoms with van der Waals surface area (Å²) in [5, 5.41) is 7.40. The summed E-state index contributed by atoms with van der Waals surface area (Å²) in [6, 6.07) is 3.85. The second-order valence-corrected chi connectivity index (χ2v) is 2.49. The molecule has 0 radical (unpaired) electrons. The van der Waals surface area contributed by atoms with Gasteiger partial charge in [0.05, 0.1) is 12.2 Å². The van der Waals surface area contributed by atoms with E-state index in [0.29, 0.717) is 17.9 Å². The van der Waals surface area contributed by atoms with Crippen molar-refractivity contribution in [2.75, 3.05) is 12.3 Å². The van der Waals surface area contributed by atoms with Crippen LogP contribution in [0.15, 0.2) is 18.2 Å². The van der Waals surface area contributed by atoms with Gasteiger partial charge in [-0.05, 0) is 25.1 Å². The Hall–Kier alpha value is -1.58. The Morgan fingerprint density at radius 1 is 1.62 bits per heavy atom. The summed E-state index contributed by atoms with van der Waals surface area (Å²) in [5.41, 5.74) is 6.17. The number of hydrogen-bond donors (Lipinski definition) is 2. The van der Waals surface area contributed by atoms with Crippen molar-refractivity contribution in [1.82, 2.24) is 0 Å². The van der Waals surface area contributed by atoms with Crippen molar-refractivity contribution in [1.29, 1.82) is 5.41 Å². The molecule has 0 saturated heterocycles. The summed E-state index contributed by atoms with van der Waals surface area (Å²) in [5.74, 6) is -0.520. The Morgan fingerprint density at radius 2 is 2.31 bits per heavy atom. The number of hydrogen-bond acceptors (Lipinski definition) is 3. The van der Waals surface area contributed by atoms with Crippen LogP contribution in [0.1, 0.15) is 12.5 Å². The molecule has 0 bridgehead atoms. The minimum Gasteiger partial charge on any atom is -0.478 e. The molecule has 3 N–H and O–H groups in total. The van der Waals surface area contributed by atoms with Gasteiger partial charge in [0, 0.05) is 5.69 Å². The van der Waals surface area contributed by atoms with Crippen molar-refractivity contribution in [3.05, 3.63) is 29.6 Å². The van der Waals surface area contributed by atoms with E-state index < -0.39 is 5.82 Å². The number of nitrogen functional groups attached to an aromatic ring is 1. The van der Waals surface area contributed by atoms with Crippen molar-refractivity contribution < 1.29 is 9.13 Å². The van der Waals surface area contributed by atoms with Gasteiger partial charge < -0.3 is 10.5 Å². The van der Waals surface area contributed by atoms with Gasteiger partial charge in [0.2, 0.25) is 5.90 Å². The summed E-state index contributed by atoms with van der Waals surface area (Å²) in [6.45, 7) is 2.12. The molecular weight excluding hydrogens is 171 g/mol. The Labute approximate surface area is 75.8 Å². The Morgan fingerprint density at radius 3 is 2.92 bits per heavy atom. The molecule has 13 heavy (non-hydrogen) atoms. The number of benzene rings is 1. The third kappa shape index (κ3) is 2.18. The fourth-order valence-corrected chi connectivity index (χ4v) is 0.947. The normalized spacial score (nSPS) is 9.69. The lowest BCUT2D eigenvalue weighted by Gasteiger charge is -2.07. The lowest BCUT2D eigenvalue weighted by molar-refractivity contribution is 0.325. The topological polar surface area (TPSA) is 59.1 Å². The van der Waals surface area contributed by atoms with Crippen LogP contribution in [0, 0.1) is 11.2 Å². The maximum atomic E-state index is 12.7. The van der Waals surface area contributed by atoms with Gasteiger partial charge in [-0.3, -0.25) is 5.41 Å². The van der Waals surface area contributed by atoms with Crippen LogP contribution in [0.25, 0.3) is 0 Å². The molecule has 0 aliphatic rings. The van der Waals surface area contributed by atoms with Crippen LogP contribution in [-0.4, -0.2) is 12.5 Å². The van der Waals surface area contributed by atoms with Crippen molar-refractivity contribution >= 4 is 11.6 Å². The Bertz CT molecular complexity index is 325. The van der Waals surface area contributed by atoms with Crippen molar-refractivity contribution in [2.24, 2.45) is 0 Å². The molecule has 0 unspecified atom stereocenters. The molecule has 0 spiro atoms. The first-order valence-electron chi connectivity index (χ1n) is 3.92. The largest absolute Gasteiger partial charge is 0.478 e. The zero-order valence-electron chi connectivity index (χ0n) is 7.30. The van der Waals surface area contributed by atoms with Crippen LogP contribution in [0.2, 0.25) is 0 Å². The summed E-state index contributed by atoms with van der Waals surface area (Å²) in [4.78, 5) is 0. The van der Waals surface area contributed by atoms with E-state index in [1.54, 1.807) is 6.92 Å². The molecular formula is C9H11FN2O. The van der Waals surface area contributed by atoms with Crippen LogP contribution in [0.5, 0.6) is 0 Å². The number of nitrogens with one attached hydrogen (secondary N) is 1. The zero-order valence-corrected chi connectivity index (χ0v) is 7.30. The summed E-state index contributed by atoms with van der Waals surface area (Å²) >= 11 is 0. The summed E-state index contributed by atoms with van der Waals surface area (Å²) in [7, 11) is 0. The minimum absolute atomic E-state index is 0.0977. The second kappa shape index (κ2) is 3.89. The number of ether oxygens (including phenoxy) is 1. The van der Waals surface area contributed by atoms with Gasteiger partial charge in [-0.25, -0.2) is 4.39 Å². The molecule has 0 saturated carbocycles. The first-order chi connectivity index (χ1) is 6.15. The lowest BCUT2D eigenvalue weighted by Crippen LogP contribution is -2.08. The van der Waals surface area contributed by atoms with Gasteiger partial charge in [0.1, 0.15) is 5.82 Å². The van der Waals surface area contributed by atoms with E-state index in [2.05, 4.69) is 0 Å². The number of rotatable bonds is 2. The maximum Gasteiger partial charge on any atom is 0.215 e. The number of halogens is 1. The molecule has 0 amide bonds. The van der Waals surface area contributed by atoms with Gasteiger partial charge in [0.25, 0.3) is 0 Å². The standard InChI is InChI=1S/C9H11FN2O/c1-2-13-9(12)7-5-6(10)3-4-8(7)11/h3-5,12H,2,11H2,1H3. The Kier molecular flexibility index (Phi) is 2.84. The molecule has 0 heterocycles. The first-order valence-corrected chi connectivity index (χ1v) is 3.92. The fourth-order valence-electron chi connectivity index (χ4n) is 0.947. The number of anilines is 1. The highest BCUT2D eigenvalue weighted by Crippen LogP contribution is 2.14. The Balaban J connectivity index is 2.99. The van der Waals surface area contributed by atoms with Crippen molar-refractivity contribution in [3.8, 4) is 0 Å². The average Bonchev–Trinajstić information content (AvgIpc) is 2.09. The minimum atomic E-state index is -0.423. The predicted octanol–water partition coefficient (Wildman–Crippen LogP) is 1.77. The van der Waals surface area contributed by atoms with Crippen LogP contribution < -0.4 is 5.73 Å². The van der Waals surface area contributed by atoms with E-state index in [1.165, 1.54) is 18.2 Å². The van der Waals surface area contributed by atoms with Gasteiger partial charge >= 0.3 is 0 Å². The molecule has 0 aromatic heterocycles. The molecule has 0 fully saturated rings. The van der Waals surface area contributed by atoms with E-state index in [9.17, 15) is 4.39 Å². The smallest absolute Gasteiger partial charge is 0.215 e. The highest BCUT2D eigenvalue weighted by molar-refractivity contribution is 5.96. The van der Waals surface area contributed by atoms with Crippen LogP contribution in [0.4, 0.5) is 10.1 Å². The molecule has 3 nitrogen and oxygen atoms in total. The molecule has 0 aliphatic carbocycles. The third-order valence-corrected chi connectivity index (χ3v) is 1.55. The molecule has 1 aromatic carbocycles. The zero-order chi connectivity index (χ0) is 9.84. The van der Waals surface area contributed by atoms with Crippen LogP contribution >= 0.6 is 0 Å². The van der Waals surface area contributed by atoms with Gasteiger partial charge in [0.15, 0.2) is 0 Å². The monoisotopic (exact) mass is 182 g/mol. The van der Waals surface area contributed by atoms with Crippen LogP contribution in [0.3, 0.4) is 0 Å². The first kappa shape index (κ1) is 9.51. The molecule has 1 rings (SSSR count). The second-order valence-electron chi connectivity index (χ2n) is 2.49. The molecule has 0 aliphatic heterocycles. The quantitative estimate of drug-likeness (QED) is 0.416. The van der Waals surface area contributed by atoms with E-state index in [4.69, 9.17) is 15.9 Å². The van der Waals surface area contributed by atoms with Crippen LogP contribution in [-0.2, 0) is 4.74 Å². The van der Waals surface area contributed by atoms with Gasteiger partial charge in [-0.15, -0.1) is 0 Å². The highest BCUT2D eigenvalue weighted by atomic mass is 19.1. The summed E-state index contributed by atoms with van der Waals surface area (Å²) < 4.78 is 17.6. The van der Waals surface area contributed by atoms with Gasteiger partial charge in [-0.1, -0.05) is 0 Å². The van der Waals surface area contributed by atoms with E-state index in [0.717, 1.165) is 0 Å². The molecule has 0 atom stereocenters. The lowest BCUT2D eigenvalue weighted by atomic mass is 10.2. The molecule has 70 valence electrons. The van der Waals surface area contributed by atoms with E-state index in [1.807, 2.05) is 0 Å². The van der Waals surface area contributed by atoms with E-state index in [-0.39, 0.29) is 5.90 Å². The average molecular weight is 182 g/mol. The molecule has 4 heteroatoms. The van der Waals surface area contributed by atoms with E-state index >= 15 is 0 Å². The SMILES string of the molecule is CCOC(=N)c1cc(F)ccc1N. The summed E-state index contributed by atoms with van der Waals surface area (Å²) in [6.07, 6.45) is 0. The third-order valence-electron chi connectivity index (χ3n) is 1.55. The predicted molar refractivity (Wildman–Crippen MR) is 49.3 cm³/mol. The molecule has 1 aromatic rings. The maximum absolute atomic E-state index is 12.7.